The van der Waals surface area contributed by atoms with Gasteiger partial charge in [0.15, 0.2) is 0 Å². The zero-order valence-corrected chi connectivity index (χ0v) is 16.1. The van der Waals surface area contributed by atoms with E-state index in [2.05, 4.69) is 11.4 Å². The summed E-state index contributed by atoms with van der Waals surface area (Å²) < 4.78 is 0. The van der Waals surface area contributed by atoms with Crippen LogP contribution < -0.4 is 5.32 Å². The SMILES string of the molecule is Cc1cc([C@H](C#N)c2ccc(Cl)cc2)c(Cl)cc1NC(=O)c1ccccc1. The molecule has 0 bridgehead atoms. The minimum absolute atomic E-state index is 0.211. The van der Waals surface area contributed by atoms with Crippen LogP contribution in [0.15, 0.2) is 66.7 Å². The van der Waals surface area contributed by atoms with Crippen LogP contribution in [0.3, 0.4) is 0 Å². The van der Waals surface area contributed by atoms with Gasteiger partial charge in [-0.05, 0) is 53.9 Å². The Bertz CT molecular complexity index is 1010. The summed E-state index contributed by atoms with van der Waals surface area (Å²) in [7, 11) is 0. The summed E-state index contributed by atoms with van der Waals surface area (Å²) in [5.41, 5.74) is 3.51. The second kappa shape index (κ2) is 8.26. The Hall–Kier alpha value is -2.80. The molecular weight excluding hydrogens is 379 g/mol. The summed E-state index contributed by atoms with van der Waals surface area (Å²) in [6, 6.07) is 21.9. The number of rotatable bonds is 4. The third kappa shape index (κ3) is 4.31. The van der Waals surface area contributed by atoms with Gasteiger partial charge in [0, 0.05) is 21.3 Å². The first-order chi connectivity index (χ1) is 13.0. The van der Waals surface area contributed by atoms with Crippen molar-refractivity contribution in [2.24, 2.45) is 0 Å². The number of aryl methyl sites for hydroxylation is 1. The lowest BCUT2D eigenvalue weighted by Gasteiger charge is -2.16. The van der Waals surface area contributed by atoms with Crippen molar-refractivity contribution in [3.63, 3.8) is 0 Å². The van der Waals surface area contributed by atoms with Crippen molar-refractivity contribution in [1.82, 2.24) is 0 Å². The number of anilines is 1. The Labute approximate surface area is 168 Å². The molecule has 3 aromatic carbocycles. The van der Waals surface area contributed by atoms with Crippen molar-refractivity contribution < 1.29 is 4.79 Å². The molecule has 3 aromatic rings. The second-order valence-corrected chi connectivity index (χ2v) is 6.97. The molecule has 1 amide bonds. The van der Waals surface area contributed by atoms with Gasteiger partial charge in [0.05, 0.1) is 12.0 Å². The average molecular weight is 395 g/mol. The molecule has 0 aliphatic heterocycles. The van der Waals surface area contributed by atoms with E-state index in [-0.39, 0.29) is 5.91 Å². The first-order valence-corrected chi connectivity index (χ1v) is 9.06. The van der Waals surface area contributed by atoms with Crippen molar-refractivity contribution in [3.05, 3.63) is 99.0 Å². The fourth-order valence-corrected chi connectivity index (χ4v) is 3.22. The van der Waals surface area contributed by atoms with Crippen LogP contribution in [0.5, 0.6) is 0 Å². The second-order valence-electron chi connectivity index (χ2n) is 6.12. The zero-order valence-electron chi connectivity index (χ0n) is 14.5. The summed E-state index contributed by atoms with van der Waals surface area (Å²) in [6.07, 6.45) is 0. The number of amides is 1. The van der Waals surface area contributed by atoms with E-state index in [1.807, 2.05) is 43.3 Å². The highest BCUT2D eigenvalue weighted by molar-refractivity contribution is 6.32. The maximum absolute atomic E-state index is 12.4. The van der Waals surface area contributed by atoms with Gasteiger partial charge in [-0.1, -0.05) is 59.6 Å². The number of nitrogens with zero attached hydrogens (tertiary/aromatic N) is 1. The summed E-state index contributed by atoms with van der Waals surface area (Å²) in [5, 5.41) is 13.6. The lowest BCUT2D eigenvalue weighted by molar-refractivity contribution is 0.102. The summed E-state index contributed by atoms with van der Waals surface area (Å²) in [5.74, 6) is -0.732. The molecular formula is C22H16Cl2N2O. The van der Waals surface area contributed by atoms with E-state index in [0.29, 0.717) is 26.9 Å². The molecule has 0 aliphatic carbocycles. The number of halogens is 2. The van der Waals surface area contributed by atoms with Gasteiger partial charge in [-0.3, -0.25) is 4.79 Å². The van der Waals surface area contributed by atoms with E-state index in [0.717, 1.165) is 11.1 Å². The van der Waals surface area contributed by atoms with Crippen LogP contribution in [0.1, 0.15) is 33.0 Å². The average Bonchev–Trinajstić information content (AvgIpc) is 2.68. The molecule has 0 unspecified atom stereocenters. The third-order valence-corrected chi connectivity index (χ3v) is 4.85. The highest BCUT2D eigenvalue weighted by Crippen LogP contribution is 2.34. The minimum Gasteiger partial charge on any atom is -0.322 e. The van der Waals surface area contributed by atoms with Gasteiger partial charge >= 0.3 is 0 Å². The van der Waals surface area contributed by atoms with Crippen molar-refractivity contribution in [3.8, 4) is 6.07 Å². The van der Waals surface area contributed by atoms with Gasteiger partial charge in [0.1, 0.15) is 0 Å². The fourth-order valence-electron chi connectivity index (χ4n) is 2.82. The molecule has 27 heavy (non-hydrogen) atoms. The Kier molecular flexibility index (Phi) is 5.81. The van der Waals surface area contributed by atoms with Crippen LogP contribution in [0, 0.1) is 18.3 Å². The number of carbonyl (C=O) groups is 1. The molecule has 3 rings (SSSR count). The smallest absolute Gasteiger partial charge is 0.255 e. The molecule has 0 fully saturated rings. The van der Waals surface area contributed by atoms with E-state index in [9.17, 15) is 10.1 Å². The number of nitriles is 1. The maximum atomic E-state index is 12.4. The highest BCUT2D eigenvalue weighted by Gasteiger charge is 2.19. The van der Waals surface area contributed by atoms with Gasteiger partial charge in [0.25, 0.3) is 5.91 Å². The van der Waals surface area contributed by atoms with Crippen LogP contribution in [-0.4, -0.2) is 5.91 Å². The first kappa shape index (κ1) is 19.0. The summed E-state index contributed by atoms with van der Waals surface area (Å²) in [4.78, 5) is 12.4. The largest absolute Gasteiger partial charge is 0.322 e. The highest BCUT2D eigenvalue weighted by atomic mass is 35.5. The molecule has 0 saturated carbocycles. The third-order valence-electron chi connectivity index (χ3n) is 4.27. The monoisotopic (exact) mass is 394 g/mol. The number of nitrogens with one attached hydrogen (secondary N) is 1. The molecule has 0 aromatic heterocycles. The summed E-state index contributed by atoms with van der Waals surface area (Å²) >= 11 is 12.4. The topological polar surface area (TPSA) is 52.9 Å². The number of hydrogen-bond acceptors (Lipinski definition) is 2. The maximum Gasteiger partial charge on any atom is 0.255 e. The minimum atomic E-state index is -0.521. The molecule has 1 atom stereocenters. The Morgan fingerprint density at radius 3 is 2.33 bits per heavy atom. The number of carbonyl (C=O) groups excluding carboxylic acids is 1. The van der Waals surface area contributed by atoms with Gasteiger partial charge in [0.2, 0.25) is 0 Å². The predicted octanol–water partition coefficient (Wildman–Crippen LogP) is 6.21. The quantitative estimate of drug-likeness (QED) is 0.571. The van der Waals surface area contributed by atoms with E-state index in [1.165, 1.54) is 0 Å². The Morgan fingerprint density at radius 1 is 1.04 bits per heavy atom. The van der Waals surface area contributed by atoms with E-state index in [4.69, 9.17) is 23.2 Å². The predicted molar refractivity (Wildman–Crippen MR) is 109 cm³/mol. The van der Waals surface area contributed by atoms with Gasteiger partial charge in [-0.2, -0.15) is 5.26 Å². The number of benzene rings is 3. The lowest BCUT2D eigenvalue weighted by atomic mass is 9.91. The molecule has 0 aliphatic rings. The van der Waals surface area contributed by atoms with E-state index in [1.54, 1.807) is 30.3 Å². The first-order valence-electron chi connectivity index (χ1n) is 8.31. The van der Waals surface area contributed by atoms with Crippen LogP contribution in [-0.2, 0) is 0 Å². The lowest BCUT2D eigenvalue weighted by Crippen LogP contribution is -2.13. The Morgan fingerprint density at radius 2 is 1.70 bits per heavy atom. The molecule has 0 radical (unpaired) electrons. The Balaban J connectivity index is 1.91. The van der Waals surface area contributed by atoms with Gasteiger partial charge in [-0.25, -0.2) is 0 Å². The standard InChI is InChI=1S/C22H16Cl2N2O/c1-14-11-18(19(13-25)15-7-9-17(23)10-8-15)20(24)12-21(14)26-22(27)16-5-3-2-4-6-16/h2-12,19H,1H3,(H,26,27)/t19-/m1/s1. The molecule has 5 heteroatoms. The molecule has 1 N–H and O–H groups in total. The van der Waals surface area contributed by atoms with Crippen molar-refractivity contribution in [1.29, 1.82) is 5.26 Å². The number of hydrogen-bond donors (Lipinski definition) is 1. The van der Waals surface area contributed by atoms with Gasteiger partial charge < -0.3 is 5.32 Å². The van der Waals surface area contributed by atoms with Crippen LogP contribution in [0.4, 0.5) is 5.69 Å². The molecule has 0 saturated heterocycles. The van der Waals surface area contributed by atoms with Crippen molar-refractivity contribution >= 4 is 34.8 Å². The molecule has 0 heterocycles. The van der Waals surface area contributed by atoms with Crippen LogP contribution in [0.2, 0.25) is 10.0 Å². The van der Waals surface area contributed by atoms with Crippen LogP contribution >= 0.6 is 23.2 Å². The van der Waals surface area contributed by atoms with Crippen molar-refractivity contribution in [2.75, 3.05) is 5.32 Å². The van der Waals surface area contributed by atoms with E-state index < -0.39 is 5.92 Å². The van der Waals surface area contributed by atoms with E-state index >= 15 is 0 Å². The normalized spacial score (nSPS) is 11.5. The molecule has 134 valence electrons. The van der Waals surface area contributed by atoms with Crippen molar-refractivity contribution in [2.45, 2.75) is 12.8 Å². The molecule has 3 nitrogen and oxygen atoms in total. The summed E-state index contributed by atoms with van der Waals surface area (Å²) in [6.45, 7) is 1.87. The molecule has 0 spiro atoms. The fraction of sp³-hybridized carbons (Fsp3) is 0.0909. The zero-order chi connectivity index (χ0) is 19.4. The van der Waals surface area contributed by atoms with Crippen LogP contribution in [0.25, 0.3) is 0 Å². The van der Waals surface area contributed by atoms with Gasteiger partial charge in [-0.15, -0.1) is 0 Å².